The molecule has 1 fully saturated rings. The number of anilines is 1. The normalized spacial score (nSPS) is 16.4. The molecule has 2 aliphatic heterocycles. The molecule has 0 unspecified atom stereocenters. The van der Waals surface area contributed by atoms with E-state index in [0.29, 0.717) is 38.9 Å². The molecule has 2 aromatic carbocycles. The van der Waals surface area contributed by atoms with Gasteiger partial charge in [-0.2, -0.15) is 0 Å². The predicted molar refractivity (Wildman–Crippen MR) is 165 cm³/mol. The minimum Gasteiger partial charge on any atom is -0.383 e. The lowest BCUT2D eigenvalue weighted by Gasteiger charge is -2.38. The van der Waals surface area contributed by atoms with Crippen molar-refractivity contribution >= 4 is 41.9 Å². The molecule has 0 radical (unpaired) electrons. The maximum Gasteiger partial charge on any atom is 0.331 e. The average molecular weight is 630 g/mol. The van der Waals surface area contributed by atoms with Crippen molar-refractivity contribution in [3.63, 3.8) is 0 Å². The largest absolute Gasteiger partial charge is 0.383 e. The Bertz CT molecular complexity index is 1670. The van der Waals surface area contributed by atoms with E-state index in [1.54, 1.807) is 11.8 Å². The van der Waals surface area contributed by atoms with Crippen LogP contribution in [0.4, 0.5) is 14.9 Å². The van der Waals surface area contributed by atoms with Crippen LogP contribution in [-0.4, -0.2) is 70.3 Å². The predicted octanol–water partition coefficient (Wildman–Crippen LogP) is 4.05. The van der Waals surface area contributed by atoms with Gasteiger partial charge in [0.05, 0.1) is 23.2 Å². The number of benzene rings is 2. The molecule has 0 saturated carbocycles. The number of nitrogens with zero attached hydrogens (tertiary/aromatic N) is 4. The van der Waals surface area contributed by atoms with Gasteiger partial charge in [0.2, 0.25) is 5.91 Å². The zero-order valence-corrected chi connectivity index (χ0v) is 25.5. The number of carbonyl (C=O) groups excluding carboxylic acids is 2. The van der Waals surface area contributed by atoms with Crippen molar-refractivity contribution < 1.29 is 18.7 Å². The number of aromatic nitrogens is 2. The van der Waals surface area contributed by atoms with Gasteiger partial charge in [0, 0.05) is 55.1 Å². The van der Waals surface area contributed by atoms with Gasteiger partial charge in [-0.05, 0) is 56.0 Å². The van der Waals surface area contributed by atoms with E-state index in [1.807, 2.05) is 23.1 Å². The highest BCUT2D eigenvalue weighted by Crippen LogP contribution is 2.29. The number of halogens is 2. The van der Waals surface area contributed by atoms with Crippen LogP contribution >= 0.6 is 24.2 Å². The number of hydrogen-bond donors (Lipinski definition) is 2. The number of fused-ring (bicyclic) bond motifs is 1. The lowest BCUT2D eigenvalue weighted by molar-refractivity contribution is -0.133. The Labute approximate surface area is 258 Å². The van der Waals surface area contributed by atoms with Crippen molar-refractivity contribution in [2.75, 3.05) is 38.7 Å². The minimum absolute atomic E-state index is 0.00299. The summed E-state index contributed by atoms with van der Waals surface area (Å²) in [6.07, 6.45) is 3.12. The van der Waals surface area contributed by atoms with Crippen LogP contribution in [0, 0.1) is 5.82 Å². The molecule has 5 rings (SSSR count). The number of thiol groups is 1. The van der Waals surface area contributed by atoms with Crippen LogP contribution in [0.3, 0.4) is 0 Å². The molecule has 13 heteroatoms. The third kappa shape index (κ3) is 6.36. The number of likely N-dealkylation sites (tertiary alicyclic amines) is 1. The molecule has 1 saturated heterocycles. The van der Waals surface area contributed by atoms with E-state index < -0.39 is 23.1 Å². The van der Waals surface area contributed by atoms with Crippen LogP contribution in [0.5, 0.6) is 0 Å². The van der Waals surface area contributed by atoms with Crippen molar-refractivity contribution in [3.05, 3.63) is 79.8 Å². The van der Waals surface area contributed by atoms with Crippen LogP contribution < -0.4 is 16.6 Å². The molecule has 10 nitrogen and oxygen atoms in total. The van der Waals surface area contributed by atoms with Crippen molar-refractivity contribution in [1.82, 2.24) is 18.9 Å². The van der Waals surface area contributed by atoms with Crippen LogP contribution in [0.15, 0.2) is 57.1 Å². The van der Waals surface area contributed by atoms with Crippen LogP contribution in [0.25, 0.3) is 11.1 Å². The van der Waals surface area contributed by atoms with Crippen LogP contribution in [-0.2, 0) is 22.5 Å². The van der Waals surface area contributed by atoms with E-state index in [0.717, 1.165) is 25.3 Å². The first-order chi connectivity index (χ1) is 20.6. The van der Waals surface area contributed by atoms with Gasteiger partial charge in [-0.15, -0.1) is 12.6 Å². The maximum absolute atomic E-state index is 14.3. The SMILES string of the molecule is COC[C@H](C)n1c(=O)c(-c2cccc(F)c2Cl)cn(CC(=O)N2CCC(N3CCc4cc(S)ccc4NC3=O)CC2)c1=O. The molecule has 1 atom stereocenters. The van der Waals surface area contributed by atoms with Gasteiger partial charge < -0.3 is 19.9 Å². The van der Waals surface area contributed by atoms with Gasteiger partial charge in [-0.1, -0.05) is 23.7 Å². The summed E-state index contributed by atoms with van der Waals surface area (Å²) in [5, 5.41) is 2.73. The summed E-state index contributed by atoms with van der Waals surface area (Å²) in [5.41, 5.74) is 0.589. The summed E-state index contributed by atoms with van der Waals surface area (Å²) in [4.78, 5) is 57.6. The lowest BCUT2D eigenvalue weighted by atomic mass is 10.0. The molecule has 3 amide bonds. The summed E-state index contributed by atoms with van der Waals surface area (Å²) in [6, 6.07) is 8.87. The van der Waals surface area contributed by atoms with Crippen molar-refractivity contribution in [3.8, 4) is 11.1 Å². The third-order valence-electron chi connectivity index (χ3n) is 8.05. The number of amides is 3. The molecule has 1 aromatic heterocycles. The molecular weight excluding hydrogens is 597 g/mol. The number of nitrogens with one attached hydrogen (secondary N) is 1. The highest BCUT2D eigenvalue weighted by Gasteiger charge is 2.32. The summed E-state index contributed by atoms with van der Waals surface area (Å²) < 4.78 is 21.6. The second-order valence-electron chi connectivity index (χ2n) is 10.9. The van der Waals surface area contributed by atoms with Gasteiger partial charge in [-0.3, -0.25) is 18.7 Å². The van der Waals surface area contributed by atoms with E-state index >= 15 is 0 Å². The Morgan fingerprint density at radius 1 is 1.14 bits per heavy atom. The van der Waals surface area contributed by atoms with Gasteiger partial charge in [0.15, 0.2) is 0 Å². The molecular formula is C30H33ClFN5O5S. The highest BCUT2D eigenvalue weighted by molar-refractivity contribution is 7.80. The smallest absolute Gasteiger partial charge is 0.331 e. The second kappa shape index (κ2) is 12.9. The van der Waals surface area contributed by atoms with E-state index in [1.165, 1.54) is 31.5 Å². The first-order valence-electron chi connectivity index (χ1n) is 14.1. The van der Waals surface area contributed by atoms with Crippen LogP contribution in [0.1, 0.15) is 31.4 Å². The second-order valence-corrected chi connectivity index (χ2v) is 11.8. The summed E-state index contributed by atoms with van der Waals surface area (Å²) >= 11 is 10.6. The number of methoxy groups -OCH3 is 1. The zero-order valence-electron chi connectivity index (χ0n) is 23.9. The molecule has 1 N–H and O–H groups in total. The zero-order chi connectivity index (χ0) is 30.8. The van der Waals surface area contributed by atoms with Crippen LogP contribution in [0.2, 0.25) is 5.02 Å². The Kier molecular flexibility index (Phi) is 9.28. The fourth-order valence-electron chi connectivity index (χ4n) is 5.79. The molecule has 2 aliphatic rings. The number of hydrogen-bond acceptors (Lipinski definition) is 6. The number of carbonyl (C=O) groups is 2. The maximum atomic E-state index is 14.3. The number of ether oxygens (including phenoxy) is 1. The number of rotatable bonds is 7. The van der Waals surface area contributed by atoms with E-state index in [4.69, 9.17) is 16.3 Å². The summed E-state index contributed by atoms with van der Waals surface area (Å²) in [7, 11) is 1.45. The minimum atomic E-state index is -0.708. The Morgan fingerprint density at radius 2 is 1.88 bits per heavy atom. The van der Waals surface area contributed by atoms with E-state index in [9.17, 15) is 23.6 Å². The molecule has 0 aliphatic carbocycles. The lowest BCUT2D eigenvalue weighted by Crippen LogP contribution is -2.51. The van der Waals surface area contributed by atoms with E-state index in [-0.39, 0.29) is 47.3 Å². The molecule has 0 spiro atoms. The Hall–Kier alpha value is -3.61. The fraction of sp³-hybridized carbons (Fsp3) is 0.400. The monoisotopic (exact) mass is 629 g/mol. The molecule has 43 heavy (non-hydrogen) atoms. The molecule has 0 bridgehead atoms. The Balaban J connectivity index is 1.33. The van der Waals surface area contributed by atoms with E-state index in [2.05, 4.69) is 17.9 Å². The highest BCUT2D eigenvalue weighted by atomic mass is 35.5. The molecule has 3 aromatic rings. The van der Waals surface area contributed by atoms with Gasteiger partial charge >= 0.3 is 11.7 Å². The Morgan fingerprint density at radius 3 is 2.60 bits per heavy atom. The van der Waals surface area contributed by atoms with Crippen molar-refractivity contribution in [1.29, 1.82) is 0 Å². The molecule has 3 heterocycles. The van der Waals surface area contributed by atoms with Gasteiger partial charge in [-0.25, -0.2) is 14.0 Å². The quantitative estimate of drug-likeness (QED) is 0.384. The average Bonchev–Trinajstić information content (AvgIpc) is 3.14. The first kappa shape index (κ1) is 30.8. The standard InChI is InChI=1S/C30H33ClFN5O5S/c1-18(17-42-2)37-28(39)23(22-4-3-5-24(32)27(22)31)15-35(30(37)41)16-26(38)34-11-9-20(10-12-34)36-13-8-19-14-21(43)6-7-25(19)33-29(36)40/h3-7,14-15,18,20,43H,8-13,16-17H2,1-2H3,(H,33,40)/t18-/m0/s1. The van der Waals surface area contributed by atoms with Crippen molar-refractivity contribution in [2.24, 2.45) is 0 Å². The third-order valence-corrected chi connectivity index (χ3v) is 8.72. The molecule has 228 valence electrons. The van der Waals surface area contributed by atoms with Gasteiger partial charge in [0.1, 0.15) is 12.4 Å². The number of piperidine rings is 1. The number of urea groups is 1. The topological polar surface area (TPSA) is 106 Å². The van der Waals surface area contributed by atoms with Gasteiger partial charge in [0.25, 0.3) is 5.56 Å². The summed E-state index contributed by atoms with van der Waals surface area (Å²) in [5.74, 6) is -1.02. The fourth-order valence-corrected chi connectivity index (χ4v) is 6.25. The summed E-state index contributed by atoms with van der Waals surface area (Å²) in [6.45, 7) is 2.75. The van der Waals surface area contributed by atoms with Crippen molar-refractivity contribution in [2.45, 2.75) is 49.7 Å². The first-order valence-corrected chi connectivity index (χ1v) is 14.9.